The first-order valence-corrected chi connectivity index (χ1v) is 22.7. The van der Waals surface area contributed by atoms with Crippen molar-refractivity contribution >= 4 is 34.6 Å². The van der Waals surface area contributed by atoms with E-state index >= 15 is 4.57 Å². The van der Waals surface area contributed by atoms with Gasteiger partial charge in [0.05, 0.1) is 19.8 Å². The molecular formula is C33H49N2O8PSi2. The molecule has 1 aliphatic heterocycles. The number of benzene rings is 2. The predicted octanol–water partition coefficient (Wildman–Crippen LogP) is 5.52. The molecule has 1 N–H and O–H groups in total. The van der Waals surface area contributed by atoms with Gasteiger partial charge in [-0.05, 0) is 55.8 Å². The Morgan fingerprint density at radius 1 is 0.957 bits per heavy atom. The molecule has 13 heteroatoms. The summed E-state index contributed by atoms with van der Waals surface area (Å²) >= 11 is 0. The molecule has 10 nitrogen and oxygen atoms in total. The largest absolute Gasteiger partial charge is 0.405 e. The Bertz CT molecular complexity index is 1590. The minimum atomic E-state index is -4.08. The summed E-state index contributed by atoms with van der Waals surface area (Å²) in [6, 6.07) is 20.4. The average Bonchev–Trinajstić information content (AvgIpc) is 3.34. The molecule has 0 aliphatic carbocycles. The molecule has 3 atom stereocenters. The Kier molecular flexibility index (Phi) is 11.1. The van der Waals surface area contributed by atoms with Crippen molar-refractivity contribution in [2.75, 3.05) is 19.8 Å². The highest BCUT2D eigenvalue weighted by Crippen LogP contribution is 2.68. The van der Waals surface area contributed by atoms with Gasteiger partial charge in [-0.2, -0.15) is 0 Å². The fraction of sp³-hybridized carbons (Fsp3) is 0.515. The molecule has 2 aromatic carbocycles. The Labute approximate surface area is 274 Å². The Morgan fingerprint density at radius 2 is 1.48 bits per heavy atom. The highest BCUT2D eigenvalue weighted by atomic mass is 31.2. The Hall–Kier alpha value is -2.42. The number of aryl methyl sites for hydroxylation is 1. The standard InChI is InChI=1S/C33H49N2O8PSi2/c1-10-39-44(38,40-11-2)33(43-45(7,8)9)22-29(35-23-25(3)30(36)34-31(35)37)42-28(33)24-41-46(32(4,5)6,26-18-14-12-15-19-26)27-20-16-13-17-21-27/h12-21,23,28-29H,10-11,22,24H2,1-9H3,(H,34,36,37)/t28-,29-,33+/m1/s1. The fourth-order valence-corrected chi connectivity index (χ4v) is 15.6. The molecule has 252 valence electrons. The maximum atomic E-state index is 15.1. The lowest BCUT2D eigenvalue weighted by atomic mass is 10.2. The molecule has 1 aromatic heterocycles. The smallest absolute Gasteiger partial charge is 0.364 e. The van der Waals surface area contributed by atoms with Crippen molar-refractivity contribution in [1.82, 2.24) is 9.55 Å². The molecule has 0 radical (unpaired) electrons. The van der Waals surface area contributed by atoms with Crippen LogP contribution in [0.4, 0.5) is 0 Å². The van der Waals surface area contributed by atoms with Crippen LogP contribution in [0.25, 0.3) is 0 Å². The lowest BCUT2D eigenvalue weighted by molar-refractivity contribution is -0.0560. The second-order valence-electron chi connectivity index (χ2n) is 13.6. The predicted molar refractivity (Wildman–Crippen MR) is 186 cm³/mol. The number of hydrogen-bond acceptors (Lipinski definition) is 8. The number of H-pyrrole nitrogens is 1. The monoisotopic (exact) mass is 688 g/mol. The molecule has 4 rings (SSSR count). The van der Waals surface area contributed by atoms with Gasteiger partial charge in [0.15, 0.2) is 13.7 Å². The van der Waals surface area contributed by atoms with Gasteiger partial charge < -0.3 is 22.6 Å². The van der Waals surface area contributed by atoms with E-state index in [9.17, 15) is 9.59 Å². The molecule has 1 aliphatic rings. The van der Waals surface area contributed by atoms with E-state index < -0.39 is 53.2 Å². The van der Waals surface area contributed by atoms with Gasteiger partial charge in [-0.3, -0.25) is 18.9 Å². The van der Waals surface area contributed by atoms with Gasteiger partial charge in [-0.1, -0.05) is 81.4 Å². The molecule has 0 unspecified atom stereocenters. The summed E-state index contributed by atoms with van der Waals surface area (Å²) in [6.07, 6.45) is -0.465. The first-order chi connectivity index (χ1) is 21.5. The van der Waals surface area contributed by atoms with Gasteiger partial charge in [0.1, 0.15) is 12.3 Å². The van der Waals surface area contributed by atoms with Crippen molar-refractivity contribution in [1.29, 1.82) is 0 Å². The van der Waals surface area contributed by atoms with Crippen LogP contribution in [-0.4, -0.2) is 57.5 Å². The summed E-state index contributed by atoms with van der Waals surface area (Å²) in [5.41, 5.74) is -0.784. The van der Waals surface area contributed by atoms with Crippen molar-refractivity contribution in [3.05, 3.63) is 93.3 Å². The van der Waals surface area contributed by atoms with Gasteiger partial charge in [-0.25, -0.2) is 4.79 Å². The van der Waals surface area contributed by atoms with Crippen molar-refractivity contribution in [2.45, 2.75) is 90.3 Å². The summed E-state index contributed by atoms with van der Waals surface area (Å²) < 4.78 is 49.4. The highest BCUT2D eigenvalue weighted by molar-refractivity contribution is 7.55. The van der Waals surface area contributed by atoms with Crippen LogP contribution in [-0.2, 0) is 27.2 Å². The van der Waals surface area contributed by atoms with Crippen LogP contribution >= 0.6 is 7.60 Å². The van der Waals surface area contributed by atoms with Crippen molar-refractivity contribution in [2.24, 2.45) is 0 Å². The molecule has 0 saturated carbocycles. The molecule has 1 fully saturated rings. The molecule has 2 heterocycles. The average molecular weight is 689 g/mol. The Morgan fingerprint density at radius 3 is 1.93 bits per heavy atom. The molecule has 46 heavy (non-hydrogen) atoms. The molecule has 0 bridgehead atoms. The summed E-state index contributed by atoms with van der Waals surface area (Å²) in [5.74, 6) is 0. The highest BCUT2D eigenvalue weighted by Gasteiger charge is 2.66. The first kappa shape index (κ1) is 36.4. The third-order valence-corrected chi connectivity index (χ3v) is 17.0. The van der Waals surface area contributed by atoms with E-state index in [1.54, 1.807) is 20.8 Å². The molecule has 3 aromatic rings. The van der Waals surface area contributed by atoms with E-state index in [4.69, 9.17) is 22.6 Å². The third kappa shape index (κ3) is 7.05. The maximum Gasteiger partial charge on any atom is 0.364 e. The van der Waals surface area contributed by atoms with E-state index in [0.717, 1.165) is 10.4 Å². The minimum Gasteiger partial charge on any atom is -0.405 e. The zero-order valence-corrected chi connectivity index (χ0v) is 31.4. The molecule has 1 saturated heterocycles. The summed E-state index contributed by atoms with van der Waals surface area (Å²) in [6.45, 7) is 17.9. The van der Waals surface area contributed by atoms with Crippen LogP contribution in [0.3, 0.4) is 0 Å². The van der Waals surface area contributed by atoms with Crippen LogP contribution in [0.5, 0.6) is 0 Å². The zero-order valence-electron chi connectivity index (χ0n) is 28.5. The number of nitrogens with zero attached hydrogens (tertiary/aromatic N) is 1. The second kappa shape index (κ2) is 14.0. The molecular weight excluding hydrogens is 640 g/mol. The fourth-order valence-electron chi connectivity index (χ4n) is 6.40. The van der Waals surface area contributed by atoms with E-state index in [0.29, 0.717) is 5.56 Å². The Balaban J connectivity index is 1.95. The SMILES string of the molecule is CCOP(=O)(OCC)[C@@]1(O[Si](C)(C)C)C[C@H](n2cc(C)c(=O)[nH]c2=O)O[C@@H]1CO[Si](c1ccccc1)(c1ccccc1)C(C)(C)C. The topological polar surface area (TPSA) is 118 Å². The normalized spacial score (nSPS) is 21.1. The van der Waals surface area contributed by atoms with Crippen LogP contribution in [0.1, 0.15) is 52.8 Å². The number of rotatable bonds is 13. The van der Waals surface area contributed by atoms with Crippen molar-refractivity contribution in [3.63, 3.8) is 0 Å². The first-order valence-electron chi connectivity index (χ1n) is 15.9. The lowest BCUT2D eigenvalue weighted by Gasteiger charge is -2.46. The number of hydrogen-bond donors (Lipinski definition) is 1. The maximum absolute atomic E-state index is 15.1. The molecule has 0 spiro atoms. The number of ether oxygens (including phenoxy) is 1. The van der Waals surface area contributed by atoms with Crippen LogP contribution in [0, 0.1) is 6.92 Å². The lowest BCUT2D eigenvalue weighted by Crippen LogP contribution is -2.67. The van der Waals surface area contributed by atoms with Crippen LogP contribution in [0.2, 0.25) is 24.7 Å². The summed E-state index contributed by atoms with van der Waals surface area (Å²) in [7, 11) is -9.66. The van der Waals surface area contributed by atoms with Crippen molar-refractivity contribution < 1.29 is 27.2 Å². The minimum absolute atomic E-state index is 0.0184. The van der Waals surface area contributed by atoms with E-state index in [1.807, 2.05) is 56.0 Å². The van der Waals surface area contributed by atoms with Gasteiger partial charge >= 0.3 is 13.3 Å². The quantitative estimate of drug-likeness (QED) is 0.184. The summed E-state index contributed by atoms with van der Waals surface area (Å²) in [5, 5.41) is 0.200. The molecule has 0 amide bonds. The van der Waals surface area contributed by atoms with Gasteiger partial charge in [0.2, 0.25) is 0 Å². The second-order valence-corrected chi connectivity index (χ2v) is 24.6. The number of aromatic amines is 1. The van der Waals surface area contributed by atoms with Crippen LogP contribution < -0.4 is 21.6 Å². The van der Waals surface area contributed by atoms with Gasteiger partial charge in [0.25, 0.3) is 13.9 Å². The van der Waals surface area contributed by atoms with E-state index in [2.05, 4.69) is 50.0 Å². The number of nitrogens with one attached hydrogen (secondary N) is 1. The van der Waals surface area contributed by atoms with Crippen molar-refractivity contribution in [3.8, 4) is 0 Å². The van der Waals surface area contributed by atoms with E-state index in [1.165, 1.54) is 10.8 Å². The van der Waals surface area contributed by atoms with E-state index in [-0.39, 0.29) is 31.3 Å². The van der Waals surface area contributed by atoms with Gasteiger partial charge in [-0.15, -0.1) is 0 Å². The summed E-state index contributed by atoms with van der Waals surface area (Å²) in [4.78, 5) is 27.8. The zero-order chi connectivity index (χ0) is 34.0. The van der Waals surface area contributed by atoms with Crippen LogP contribution in [0.15, 0.2) is 76.4 Å². The van der Waals surface area contributed by atoms with Gasteiger partial charge in [0, 0.05) is 18.2 Å². The number of aromatic nitrogens is 2. The third-order valence-electron chi connectivity index (χ3n) is 8.16.